The maximum atomic E-state index is 13.9. The second-order valence-electron chi connectivity index (χ2n) is 4.19. The van der Waals surface area contributed by atoms with Crippen molar-refractivity contribution in [3.05, 3.63) is 51.8 Å². The van der Waals surface area contributed by atoms with Crippen molar-refractivity contribution in [2.75, 3.05) is 0 Å². The highest BCUT2D eigenvalue weighted by molar-refractivity contribution is 5.94. The highest BCUT2D eigenvalue weighted by Gasteiger charge is 2.23. The molecular weight excluding hydrogens is 247 g/mol. The molecule has 0 radical (unpaired) electrons. The number of halogens is 1. The lowest BCUT2D eigenvalue weighted by Gasteiger charge is -2.11. The molecule has 0 aliphatic rings. The molecule has 0 spiro atoms. The molecule has 0 aliphatic heterocycles. The lowest BCUT2D eigenvalue weighted by atomic mass is 9.91. The Balaban J connectivity index is 2.87. The summed E-state index contributed by atoms with van der Waals surface area (Å²) in [4.78, 5) is 10.2. The molecule has 19 heavy (non-hydrogen) atoms. The van der Waals surface area contributed by atoms with Crippen LogP contribution in [0, 0.1) is 27.3 Å². The molecule has 0 N–H and O–H groups in total. The largest absolute Gasteiger partial charge is 0.312 e. The van der Waals surface area contributed by atoms with E-state index in [-0.39, 0.29) is 5.39 Å². The van der Waals surface area contributed by atoms with Crippen LogP contribution in [0.15, 0.2) is 30.3 Å². The van der Waals surface area contributed by atoms with Crippen molar-refractivity contribution in [2.45, 2.75) is 19.3 Å². The minimum atomic E-state index is -0.896. The van der Waals surface area contributed by atoms with E-state index in [1.807, 2.05) is 6.92 Å². The van der Waals surface area contributed by atoms with Gasteiger partial charge in [0.25, 0.3) is 0 Å². The number of nitro groups is 1. The van der Waals surface area contributed by atoms with Crippen molar-refractivity contribution in [1.82, 2.24) is 0 Å². The fourth-order valence-corrected chi connectivity index (χ4v) is 2.21. The Morgan fingerprint density at radius 2 is 2.05 bits per heavy atom. The number of rotatable bonds is 3. The number of hydrogen-bond donors (Lipinski definition) is 0. The second kappa shape index (κ2) is 5.02. The maximum absolute atomic E-state index is 13.9. The van der Waals surface area contributed by atoms with Crippen LogP contribution < -0.4 is 0 Å². The van der Waals surface area contributed by atoms with E-state index < -0.39 is 22.3 Å². The number of nitrogens with zero attached hydrogens (tertiary/aromatic N) is 2. The number of nitro benzene ring substituents is 1. The molecule has 2 rings (SSSR count). The molecule has 2 aromatic carbocycles. The van der Waals surface area contributed by atoms with Crippen molar-refractivity contribution in [2.24, 2.45) is 0 Å². The lowest BCUT2D eigenvalue weighted by molar-refractivity contribution is -0.385. The Labute approximate surface area is 109 Å². The molecule has 0 aliphatic carbocycles. The monoisotopic (exact) mass is 258 g/mol. The first kappa shape index (κ1) is 13.0. The van der Waals surface area contributed by atoms with Gasteiger partial charge in [-0.2, -0.15) is 9.65 Å². The molecule has 1 unspecified atom stereocenters. The third-order valence-electron chi connectivity index (χ3n) is 3.12. The van der Waals surface area contributed by atoms with Gasteiger partial charge in [-0.25, -0.2) is 0 Å². The van der Waals surface area contributed by atoms with Gasteiger partial charge in [0.1, 0.15) is 0 Å². The zero-order valence-corrected chi connectivity index (χ0v) is 10.3. The average molecular weight is 258 g/mol. The first-order chi connectivity index (χ1) is 9.10. The van der Waals surface area contributed by atoms with Gasteiger partial charge in [0, 0.05) is 0 Å². The molecule has 0 fully saturated rings. The molecule has 0 saturated carbocycles. The molecule has 0 amide bonds. The highest BCUT2D eigenvalue weighted by Crippen LogP contribution is 2.35. The van der Waals surface area contributed by atoms with Crippen LogP contribution >= 0.6 is 0 Å². The zero-order chi connectivity index (χ0) is 14.0. The molecule has 96 valence electrons. The van der Waals surface area contributed by atoms with Gasteiger partial charge in [0.2, 0.25) is 5.82 Å². The molecule has 0 aromatic heterocycles. The molecule has 0 heterocycles. The summed E-state index contributed by atoms with van der Waals surface area (Å²) in [5, 5.41) is 20.9. The van der Waals surface area contributed by atoms with Crippen LogP contribution in [0.2, 0.25) is 0 Å². The molecule has 1 atom stereocenters. The van der Waals surface area contributed by atoms with Crippen LogP contribution in [-0.2, 0) is 0 Å². The van der Waals surface area contributed by atoms with E-state index in [0.717, 1.165) is 6.07 Å². The minimum absolute atomic E-state index is 0.233. The van der Waals surface area contributed by atoms with Gasteiger partial charge in [-0.05, 0) is 29.5 Å². The smallest absolute Gasteiger partial charge is 0.258 e. The van der Waals surface area contributed by atoms with Crippen LogP contribution in [0.25, 0.3) is 10.8 Å². The Kier molecular flexibility index (Phi) is 3.43. The first-order valence-electron chi connectivity index (χ1n) is 5.85. The third kappa shape index (κ3) is 2.13. The summed E-state index contributed by atoms with van der Waals surface area (Å²) in [6.45, 7) is 1.82. The van der Waals surface area contributed by atoms with Crippen LogP contribution in [-0.4, -0.2) is 4.92 Å². The van der Waals surface area contributed by atoms with Gasteiger partial charge in [-0.15, -0.1) is 0 Å². The Morgan fingerprint density at radius 1 is 1.42 bits per heavy atom. The fourth-order valence-electron chi connectivity index (χ4n) is 2.21. The van der Waals surface area contributed by atoms with Crippen molar-refractivity contribution in [1.29, 1.82) is 5.26 Å². The summed E-state index contributed by atoms with van der Waals surface area (Å²) in [6, 6.07) is 9.73. The van der Waals surface area contributed by atoms with E-state index in [4.69, 9.17) is 5.26 Å². The molecule has 4 nitrogen and oxygen atoms in total. The summed E-state index contributed by atoms with van der Waals surface area (Å²) < 4.78 is 13.9. The third-order valence-corrected chi connectivity index (χ3v) is 3.12. The number of benzene rings is 2. The van der Waals surface area contributed by atoms with E-state index >= 15 is 0 Å². The van der Waals surface area contributed by atoms with E-state index in [2.05, 4.69) is 6.07 Å². The summed E-state index contributed by atoms with van der Waals surface area (Å²) in [5.41, 5.74) is -0.0316. The maximum Gasteiger partial charge on any atom is 0.312 e. The quantitative estimate of drug-likeness (QED) is 0.619. The number of nitriles is 1. The number of fused-ring (bicyclic) bond motifs is 1. The SMILES string of the molecule is CCC(C#N)c1cc(F)c([N+](=O)[O-])c2ccccc12. The zero-order valence-electron chi connectivity index (χ0n) is 10.3. The highest BCUT2D eigenvalue weighted by atomic mass is 19.1. The number of hydrogen-bond acceptors (Lipinski definition) is 3. The predicted molar refractivity (Wildman–Crippen MR) is 69.2 cm³/mol. The lowest BCUT2D eigenvalue weighted by Crippen LogP contribution is -2.01. The van der Waals surface area contributed by atoms with Crippen molar-refractivity contribution < 1.29 is 9.31 Å². The van der Waals surface area contributed by atoms with E-state index in [1.54, 1.807) is 18.2 Å². The molecule has 2 aromatic rings. The summed E-state index contributed by atoms with van der Waals surface area (Å²) >= 11 is 0. The summed E-state index contributed by atoms with van der Waals surface area (Å²) in [7, 11) is 0. The Bertz CT molecular complexity index is 692. The van der Waals surface area contributed by atoms with Crippen molar-refractivity contribution >= 4 is 16.5 Å². The molecule has 0 bridgehead atoms. The van der Waals surface area contributed by atoms with Gasteiger partial charge in [0.05, 0.1) is 22.3 Å². The first-order valence-corrected chi connectivity index (χ1v) is 5.85. The summed E-state index contributed by atoms with van der Waals surface area (Å²) in [5.74, 6) is -1.37. The fraction of sp³-hybridized carbons (Fsp3) is 0.214. The van der Waals surface area contributed by atoms with Crippen LogP contribution in [0.5, 0.6) is 0 Å². The summed E-state index contributed by atoms with van der Waals surface area (Å²) in [6.07, 6.45) is 0.526. The average Bonchev–Trinajstić information content (AvgIpc) is 2.39. The normalized spacial score (nSPS) is 12.1. The minimum Gasteiger partial charge on any atom is -0.258 e. The van der Waals surface area contributed by atoms with E-state index in [9.17, 15) is 14.5 Å². The standard InChI is InChI=1S/C14H11FN2O2/c1-2-9(8-16)12-7-13(15)14(17(18)19)11-6-4-3-5-10(11)12/h3-7,9H,2H2,1H3. The Hall–Kier alpha value is -2.48. The molecule has 5 heteroatoms. The molecular formula is C14H11FN2O2. The van der Waals surface area contributed by atoms with Crippen molar-refractivity contribution in [3.8, 4) is 6.07 Å². The topological polar surface area (TPSA) is 66.9 Å². The Morgan fingerprint density at radius 3 is 2.58 bits per heavy atom. The van der Waals surface area contributed by atoms with Crippen LogP contribution in [0.1, 0.15) is 24.8 Å². The van der Waals surface area contributed by atoms with Crippen LogP contribution in [0.4, 0.5) is 10.1 Å². The predicted octanol–water partition coefficient (Wildman–Crippen LogP) is 3.90. The van der Waals surface area contributed by atoms with Gasteiger partial charge >= 0.3 is 5.69 Å². The molecule has 0 saturated heterocycles. The van der Waals surface area contributed by atoms with E-state index in [0.29, 0.717) is 17.4 Å². The van der Waals surface area contributed by atoms with Crippen molar-refractivity contribution in [3.63, 3.8) is 0 Å². The van der Waals surface area contributed by atoms with Gasteiger partial charge in [-0.3, -0.25) is 10.1 Å². The van der Waals surface area contributed by atoms with Gasteiger partial charge in [0.15, 0.2) is 0 Å². The van der Waals surface area contributed by atoms with E-state index in [1.165, 1.54) is 6.07 Å². The van der Waals surface area contributed by atoms with Gasteiger partial charge in [-0.1, -0.05) is 25.1 Å². The van der Waals surface area contributed by atoms with Crippen LogP contribution in [0.3, 0.4) is 0 Å². The van der Waals surface area contributed by atoms with Gasteiger partial charge < -0.3 is 0 Å². The second-order valence-corrected chi connectivity index (χ2v) is 4.19.